The first kappa shape index (κ1) is 16.5. The molecule has 1 heterocycles. The van der Waals surface area contributed by atoms with E-state index in [0.29, 0.717) is 38.9 Å². The lowest BCUT2D eigenvalue weighted by Gasteiger charge is -2.22. The SMILES string of the molecule is CCC(=O)N1CCCN(C(=O)CCc2ccc(F)cc2)CC1. The van der Waals surface area contributed by atoms with Gasteiger partial charge < -0.3 is 9.80 Å². The Hall–Kier alpha value is -1.91. The first-order valence-corrected chi connectivity index (χ1v) is 7.90. The number of rotatable bonds is 4. The van der Waals surface area contributed by atoms with E-state index in [1.807, 2.05) is 16.7 Å². The minimum Gasteiger partial charge on any atom is -0.341 e. The highest BCUT2D eigenvalue weighted by atomic mass is 19.1. The molecule has 4 nitrogen and oxygen atoms in total. The van der Waals surface area contributed by atoms with Crippen molar-refractivity contribution in [2.45, 2.75) is 32.6 Å². The quantitative estimate of drug-likeness (QED) is 0.856. The van der Waals surface area contributed by atoms with Gasteiger partial charge in [-0.25, -0.2) is 4.39 Å². The fraction of sp³-hybridized carbons (Fsp3) is 0.529. The van der Waals surface area contributed by atoms with Crippen LogP contribution in [0.25, 0.3) is 0 Å². The van der Waals surface area contributed by atoms with Gasteiger partial charge in [-0.1, -0.05) is 19.1 Å². The van der Waals surface area contributed by atoms with Crippen LogP contribution < -0.4 is 0 Å². The number of hydrogen-bond donors (Lipinski definition) is 0. The normalized spacial score (nSPS) is 15.5. The Bertz CT molecular complexity index is 516. The van der Waals surface area contributed by atoms with Gasteiger partial charge in [-0.2, -0.15) is 0 Å². The molecule has 0 radical (unpaired) electrons. The molecule has 0 unspecified atom stereocenters. The fourth-order valence-corrected chi connectivity index (χ4v) is 2.70. The van der Waals surface area contributed by atoms with E-state index in [9.17, 15) is 14.0 Å². The van der Waals surface area contributed by atoms with Gasteiger partial charge in [0.05, 0.1) is 0 Å². The number of carbonyl (C=O) groups is 2. The molecule has 0 atom stereocenters. The summed E-state index contributed by atoms with van der Waals surface area (Å²) < 4.78 is 12.8. The lowest BCUT2D eigenvalue weighted by Crippen LogP contribution is -2.37. The highest BCUT2D eigenvalue weighted by Crippen LogP contribution is 2.10. The van der Waals surface area contributed by atoms with Crippen molar-refractivity contribution in [2.75, 3.05) is 26.2 Å². The summed E-state index contributed by atoms with van der Waals surface area (Å²) in [6, 6.07) is 6.26. The van der Waals surface area contributed by atoms with Crippen molar-refractivity contribution in [1.29, 1.82) is 0 Å². The molecule has 1 aliphatic heterocycles. The summed E-state index contributed by atoms with van der Waals surface area (Å²) in [5.41, 5.74) is 0.965. The number of halogens is 1. The van der Waals surface area contributed by atoms with Crippen LogP contribution in [0.15, 0.2) is 24.3 Å². The van der Waals surface area contributed by atoms with Crippen LogP contribution in [0.1, 0.15) is 31.7 Å². The Balaban J connectivity index is 1.82. The van der Waals surface area contributed by atoms with Crippen molar-refractivity contribution in [3.63, 3.8) is 0 Å². The van der Waals surface area contributed by atoms with Gasteiger partial charge in [0.25, 0.3) is 0 Å². The standard InChI is InChI=1S/C17H23FN2O2/c1-2-16(21)19-10-3-11-20(13-12-19)17(22)9-6-14-4-7-15(18)8-5-14/h4-5,7-8H,2-3,6,9-13H2,1H3. The maximum absolute atomic E-state index is 12.8. The predicted octanol–water partition coefficient (Wildman–Crippen LogP) is 2.23. The predicted molar refractivity (Wildman–Crippen MR) is 82.8 cm³/mol. The minimum absolute atomic E-state index is 0.107. The first-order chi connectivity index (χ1) is 10.6. The third-order valence-electron chi connectivity index (χ3n) is 4.04. The average Bonchev–Trinajstić information content (AvgIpc) is 2.79. The van der Waals surface area contributed by atoms with Crippen molar-refractivity contribution < 1.29 is 14.0 Å². The highest BCUT2D eigenvalue weighted by molar-refractivity contribution is 5.77. The van der Waals surface area contributed by atoms with E-state index >= 15 is 0 Å². The van der Waals surface area contributed by atoms with Gasteiger partial charge in [-0.15, -0.1) is 0 Å². The molecule has 0 bridgehead atoms. The second-order valence-electron chi connectivity index (χ2n) is 5.60. The van der Waals surface area contributed by atoms with Crippen LogP contribution in [0, 0.1) is 5.82 Å². The smallest absolute Gasteiger partial charge is 0.222 e. The first-order valence-electron chi connectivity index (χ1n) is 7.90. The average molecular weight is 306 g/mol. The van der Waals surface area contributed by atoms with Crippen molar-refractivity contribution in [3.05, 3.63) is 35.6 Å². The van der Waals surface area contributed by atoms with E-state index in [1.54, 1.807) is 12.1 Å². The van der Waals surface area contributed by atoms with Crippen LogP contribution in [-0.2, 0) is 16.0 Å². The van der Waals surface area contributed by atoms with Crippen LogP contribution in [0.4, 0.5) is 4.39 Å². The van der Waals surface area contributed by atoms with E-state index in [2.05, 4.69) is 0 Å². The second-order valence-corrected chi connectivity index (χ2v) is 5.60. The van der Waals surface area contributed by atoms with E-state index in [-0.39, 0.29) is 17.6 Å². The molecule has 2 amide bonds. The number of aryl methyl sites for hydroxylation is 1. The molecule has 5 heteroatoms. The molecule has 0 N–H and O–H groups in total. The molecule has 120 valence electrons. The lowest BCUT2D eigenvalue weighted by molar-refractivity contribution is -0.133. The van der Waals surface area contributed by atoms with Gasteiger partial charge in [0, 0.05) is 39.0 Å². The van der Waals surface area contributed by atoms with Crippen LogP contribution in [-0.4, -0.2) is 47.8 Å². The zero-order valence-corrected chi connectivity index (χ0v) is 13.1. The Morgan fingerprint density at radius 3 is 2.18 bits per heavy atom. The third kappa shape index (κ3) is 4.55. The number of hydrogen-bond acceptors (Lipinski definition) is 2. The molecular formula is C17H23FN2O2. The number of nitrogens with zero attached hydrogens (tertiary/aromatic N) is 2. The molecule has 1 aliphatic rings. The molecule has 1 saturated heterocycles. The monoisotopic (exact) mass is 306 g/mol. The minimum atomic E-state index is -0.261. The lowest BCUT2D eigenvalue weighted by atomic mass is 10.1. The molecule has 0 spiro atoms. The summed E-state index contributed by atoms with van der Waals surface area (Å²) in [7, 11) is 0. The van der Waals surface area contributed by atoms with E-state index in [0.717, 1.165) is 18.5 Å². The van der Waals surface area contributed by atoms with Gasteiger partial charge in [0.1, 0.15) is 5.82 Å². The molecule has 0 saturated carbocycles. The summed E-state index contributed by atoms with van der Waals surface area (Å²) in [6.07, 6.45) is 2.38. The molecule has 1 aromatic carbocycles. The highest BCUT2D eigenvalue weighted by Gasteiger charge is 2.20. The molecule has 22 heavy (non-hydrogen) atoms. The largest absolute Gasteiger partial charge is 0.341 e. The third-order valence-corrected chi connectivity index (χ3v) is 4.04. The van der Waals surface area contributed by atoms with Crippen molar-refractivity contribution >= 4 is 11.8 Å². The number of carbonyl (C=O) groups excluding carboxylic acids is 2. The van der Waals surface area contributed by atoms with E-state index < -0.39 is 0 Å². The summed E-state index contributed by atoms with van der Waals surface area (Å²) in [5.74, 6) is -0.000916. The Morgan fingerprint density at radius 1 is 1.00 bits per heavy atom. The number of benzene rings is 1. The van der Waals surface area contributed by atoms with Crippen molar-refractivity contribution in [2.24, 2.45) is 0 Å². The molecule has 1 fully saturated rings. The number of amides is 2. The van der Waals surface area contributed by atoms with E-state index in [1.165, 1.54) is 12.1 Å². The van der Waals surface area contributed by atoms with Crippen LogP contribution in [0.5, 0.6) is 0 Å². The maximum Gasteiger partial charge on any atom is 0.222 e. The Kier molecular flexibility index (Phi) is 5.92. The zero-order chi connectivity index (χ0) is 15.9. The van der Waals surface area contributed by atoms with Gasteiger partial charge in [-0.3, -0.25) is 9.59 Å². The summed E-state index contributed by atoms with van der Waals surface area (Å²) in [5, 5.41) is 0. The fourth-order valence-electron chi connectivity index (χ4n) is 2.70. The van der Waals surface area contributed by atoms with Gasteiger partial charge in [0.15, 0.2) is 0 Å². The van der Waals surface area contributed by atoms with Crippen molar-refractivity contribution in [1.82, 2.24) is 9.80 Å². The summed E-state index contributed by atoms with van der Waals surface area (Å²) in [6.45, 7) is 4.52. The molecule has 0 aliphatic carbocycles. The van der Waals surface area contributed by atoms with Crippen LogP contribution in [0.3, 0.4) is 0 Å². The summed E-state index contributed by atoms with van der Waals surface area (Å²) >= 11 is 0. The van der Waals surface area contributed by atoms with Crippen LogP contribution in [0.2, 0.25) is 0 Å². The summed E-state index contributed by atoms with van der Waals surface area (Å²) in [4.78, 5) is 27.7. The molecule has 1 aromatic rings. The van der Waals surface area contributed by atoms with Crippen LogP contribution >= 0.6 is 0 Å². The zero-order valence-electron chi connectivity index (χ0n) is 13.1. The maximum atomic E-state index is 12.8. The van der Waals surface area contributed by atoms with E-state index in [4.69, 9.17) is 0 Å². The Labute approximate surface area is 130 Å². The molecular weight excluding hydrogens is 283 g/mol. The molecule has 0 aromatic heterocycles. The Morgan fingerprint density at radius 2 is 1.59 bits per heavy atom. The van der Waals surface area contributed by atoms with Gasteiger partial charge >= 0.3 is 0 Å². The van der Waals surface area contributed by atoms with Crippen molar-refractivity contribution in [3.8, 4) is 0 Å². The molecule has 2 rings (SSSR count). The topological polar surface area (TPSA) is 40.6 Å². The van der Waals surface area contributed by atoms with Gasteiger partial charge in [0.2, 0.25) is 11.8 Å². The second kappa shape index (κ2) is 7.92. The van der Waals surface area contributed by atoms with Gasteiger partial charge in [-0.05, 0) is 30.5 Å².